The predicted octanol–water partition coefficient (Wildman–Crippen LogP) is 3.84. The van der Waals surface area contributed by atoms with Crippen molar-refractivity contribution in [2.75, 3.05) is 5.75 Å². The summed E-state index contributed by atoms with van der Waals surface area (Å²) in [6, 6.07) is 13.9. The second-order valence-electron chi connectivity index (χ2n) is 6.09. The quantitative estimate of drug-likeness (QED) is 0.823. The third-order valence-electron chi connectivity index (χ3n) is 4.16. The summed E-state index contributed by atoms with van der Waals surface area (Å²) in [4.78, 5) is 0. The maximum absolute atomic E-state index is 12.0. The highest BCUT2D eigenvalue weighted by molar-refractivity contribution is 7.89. The van der Waals surface area contributed by atoms with E-state index in [0.717, 1.165) is 27.8 Å². The van der Waals surface area contributed by atoms with Crippen LogP contribution < -0.4 is 4.72 Å². The van der Waals surface area contributed by atoms with Gasteiger partial charge in [-0.25, -0.2) is 13.5 Å². The molecule has 2 aromatic carbocycles. The van der Waals surface area contributed by atoms with E-state index in [1.165, 1.54) is 6.20 Å². The Morgan fingerprint density at radius 3 is 2.68 bits per heavy atom. The van der Waals surface area contributed by atoms with Gasteiger partial charge in [0, 0.05) is 17.7 Å². The van der Waals surface area contributed by atoms with Crippen molar-refractivity contribution in [3.63, 3.8) is 0 Å². The molecular formula is C19H22N2O3S. The molecule has 0 aliphatic carbocycles. The molecule has 0 aromatic heterocycles. The van der Waals surface area contributed by atoms with Crippen molar-refractivity contribution in [3.05, 3.63) is 66.0 Å². The van der Waals surface area contributed by atoms with Gasteiger partial charge >= 0.3 is 0 Å². The zero-order valence-corrected chi connectivity index (χ0v) is 15.0. The Hall–Kier alpha value is -2.31. The van der Waals surface area contributed by atoms with E-state index in [4.69, 9.17) is 0 Å². The Labute approximate surface area is 148 Å². The Morgan fingerprint density at radius 1 is 1.16 bits per heavy atom. The van der Waals surface area contributed by atoms with Crippen molar-refractivity contribution in [2.45, 2.75) is 26.2 Å². The summed E-state index contributed by atoms with van der Waals surface area (Å²) in [7, 11) is -3.37. The third-order valence-corrected chi connectivity index (χ3v) is 5.56. The molecule has 1 aliphatic heterocycles. The van der Waals surface area contributed by atoms with E-state index in [1.54, 1.807) is 0 Å². The van der Waals surface area contributed by atoms with Gasteiger partial charge in [-0.05, 0) is 17.2 Å². The van der Waals surface area contributed by atoms with Gasteiger partial charge in [0.2, 0.25) is 10.0 Å². The van der Waals surface area contributed by atoms with Crippen LogP contribution in [0.4, 0.5) is 0 Å². The van der Waals surface area contributed by atoms with Crippen molar-refractivity contribution in [1.82, 2.24) is 9.79 Å². The molecule has 3 rings (SSSR count). The van der Waals surface area contributed by atoms with Crippen LogP contribution in [0, 0.1) is 0 Å². The zero-order valence-electron chi connectivity index (χ0n) is 14.1. The lowest BCUT2D eigenvalue weighted by Crippen LogP contribution is -2.28. The summed E-state index contributed by atoms with van der Waals surface area (Å²) in [5.41, 5.74) is 2.01. The van der Waals surface area contributed by atoms with E-state index in [-0.39, 0.29) is 5.75 Å². The molecule has 2 aromatic rings. The Bertz CT molecular complexity index is 927. The SMILES string of the molecule is CCCCS(=O)(=O)NC1=CN(O)C(c2cccc3ccccc23)=CC1. The van der Waals surface area contributed by atoms with Crippen LogP contribution >= 0.6 is 0 Å². The summed E-state index contributed by atoms with van der Waals surface area (Å²) in [5, 5.41) is 13.5. The normalized spacial score (nSPS) is 15.0. The average Bonchev–Trinajstić information content (AvgIpc) is 2.59. The summed E-state index contributed by atoms with van der Waals surface area (Å²) in [6.07, 6.45) is 5.11. The number of benzene rings is 2. The second-order valence-corrected chi connectivity index (χ2v) is 7.94. The van der Waals surface area contributed by atoms with Crippen molar-refractivity contribution in [1.29, 1.82) is 0 Å². The van der Waals surface area contributed by atoms with Gasteiger partial charge in [0.05, 0.1) is 17.6 Å². The maximum Gasteiger partial charge on any atom is 0.232 e. The van der Waals surface area contributed by atoms with Gasteiger partial charge in [-0.15, -0.1) is 0 Å². The minimum Gasteiger partial charge on any atom is -0.285 e. The Kier molecular flexibility index (Phi) is 5.11. The monoisotopic (exact) mass is 358 g/mol. The Morgan fingerprint density at radius 2 is 1.92 bits per heavy atom. The summed E-state index contributed by atoms with van der Waals surface area (Å²) >= 11 is 0. The fraction of sp³-hybridized carbons (Fsp3) is 0.263. The van der Waals surface area contributed by atoms with Gasteiger partial charge in [-0.3, -0.25) is 9.93 Å². The van der Waals surface area contributed by atoms with Crippen LogP contribution in [0.25, 0.3) is 16.5 Å². The first-order chi connectivity index (χ1) is 12.0. The number of hydrogen-bond donors (Lipinski definition) is 2. The number of allylic oxidation sites excluding steroid dienone is 1. The van der Waals surface area contributed by atoms with Gasteiger partial charge in [-0.2, -0.15) is 0 Å². The largest absolute Gasteiger partial charge is 0.285 e. The molecule has 0 spiro atoms. The maximum atomic E-state index is 12.0. The van der Waals surface area contributed by atoms with Crippen molar-refractivity contribution in [2.24, 2.45) is 0 Å². The molecule has 0 saturated carbocycles. The lowest BCUT2D eigenvalue weighted by molar-refractivity contribution is 0.0220. The van der Waals surface area contributed by atoms with Gasteiger partial charge in [0.25, 0.3) is 0 Å². The third kappa shape index (κ3) is 4.03. The molecular weight excluding hydrogens is 336 g/mol. The van der Waals surface area contributed by atoms with Gasteiger partial charge in [-0.1, -0.05) is 61.9 Å². The number of fused-ring (bicyclic) bond motifs is 1. The smallest absolute Gasteiger partial charge is 0.232 e. The fourth-order valence-electron chi connectivity index (χ4n) is 2.91. The van der Waals surface area contributed by atoms with Crippen LogP contribution in [0.3, 0.4) is 0 Å². The average molecular weight is 358 g/mol. The first-order valence-corrected chi connectivity index (χ1v) is 10.0. The Balaban J connectivity index is 1.82. The summed E-state index contributed by atoms with van der Waals surface area (Å²) in [6.45, 7) is 1.95. The van der Waals surface area contributed by atoms with E-state index in [9.17, 15) is 13.6 Å². The van der Waals surface area contributed by atoms with Crippen LogP contribution in [0.1, 0.15) is 31.7 Å². The number of unbranched alkanes of at least 4 members (excludes halogenated alkanes) is 1. The molecule has 0 saturated heterocycles. The molecule has 0 bridgehead atoms. The molecule has 25 heavy (non-hydrogen) atoms. The van der Waals surface area contributed by atoms with Crippen molar-refractivity contribution >= 4 is 26.5 Å². The molecule has 0 fully saturated rings. The van der Waals surface area contributed by atoms with E-state index >= 15 is 0 Å². The number of sulfonamides is 1. The summed E-state index contributed by atoms with van der Waals surface area (Å²) < 4.78 is 26.6. The molecule has 0 atom stereocenters. The van der Waals surface area contributed by atoms with Crippen LogP contribution in [0.15, 0.2) is 60.4 Å². The molecule has 1 heterocycles. The molecule has 0 amide bonds. The number of rotatable bonds is 6. The van der Waals surface area contributed by atoms with Crippen LogP contribution in [0.2, 0.25) is 0 Å². The molecule has 132 valence electrons. The van der Waals surface area contributed by atoms with Crippen LogP contribution in [-0.2, 0) is 10.0 Å². The van der Waals surface area contributed by atoms with Crippen molar-refractivity contribution in [3.8, 4) is 0 Å². The van der Waals surface area contributed by atoms with E-state index in [2.05, 4.69) is 4.72 Å². The number of nitrogens with one attached hydrogen (secondary N) is 1. The fourth-order valence-corrected chi connectivity index (χ4v) is 4.21. The molecule has 2 N–H and O–H groups in total. The van der Waals surface area contributed by atoms with E-state index in [1.807, 2.05) is 55.5 Å². The summed E-state index contributed by atoms with van der Waals surface area (Å²) in [5.74, 6) is 0.0894. The van der Waals surface area contributed by atoms with Gasteiger partial charge < -0.3 is 0 Å². The lowest BCUT2D eigenvalue weighted by atomic mass is 10.0. The zero-order chi connectivity index (χ0) is 17.9. The highest BCUT2D eigenvalue weighted by atomic mass is 32.2. The standard InChI is InChI=1S/C19H22N2O3S/c1-2-3-13-25(23,24)20-16-11-12-19(21(22)14-16)18-10-6-8-15-7-4-5-9-17(15)18/h4-10,12,14,20,22H,2-3,11,13H2,1H3. The topological polar surface area (TPSA) is 69.6 Å². The lowest BCUT2D eigenvalue weighted by Gasteiger charge is -2.24. The first kappa shape index (κ1) is 17.5. The minimum atomic E-state index is -3.37. The molecule has 6 heteroatoms. The van der Waals surface area contributed by atoms with E-state index in [0.29, 0.717) is 24.2 Å². The predicted molar refractivity (Wildman–Crippen MR) is 100 cm³/mol. The van der Waals surface area contributed by atoms with Gasteiger partial charge in [0.15, 0.2) is 0 Å². The minimum absolute atomic E-state index is 0.0894. The first-order valence-electron chi connectivity index (χ1n) is 8.38. The van der Waals surface area contributed by atoms with Crippen LogP contribution in [-0.4, -0.2) is 24.4 Å². The number of hydrogen-bond acceptors (Lipinski definition) is 4. The molecule has 0 unspecified atom stereocenters. The number of hydroxylamine groups is 2. The van der Waals surface area contributed by atoms with Crippen LogP contribution in [0.5, 0.6) is 0 Å². The highest BCUT2D eigenvalue weighted by Gasteiger charge is 2.19. The molecule has 1 aliphatic rings. The molecule has 5 nitrogen and oxygen atoms in total. The van der Waals surface area contributed by atoms with Crippen molar-refractivity contribution < 1.29 is 13.6 Å². The second kappa shape index (κ2) is 7.29. The molecule has 0 radical (unpaired) electrons. The number of nitrogens with zero attached hydrogens (tertiary/aromatic N) is 1. The van der Waals surface area contributed by atoms with Gasteiger partial charge in [0.1, 0.15) is 0 Å². The highest BCUT2D eigenvalue weighted by Crippen LogP contribution is 2.30. The van der Waals surface area contributed by atoms with E-state index < -0.39 is 10.0 Å².